The number of aromatic hydroxyl groups is 1. The number of ketones is 1. The molecule has 0 amide bonds. The van der Waals surface area contributed by atoms with E-state index >= 15 is 0 Å². The molecule has 1 aromatic rings. The Balaban J connectivity index is 2.01. The molecule has 2 unspecified atom stereocenters. The van der Waals surface area contributed by atoms with Gasteiger partial charge in [-0.2, -0.15) is 0 Å². The number of anilines is 1. The second-order valence-corrected chi connectivity index (χ2v) is 8.05. The van der Waals surface area contributed by atoms with Gasteiger partial charge in [-0.1, -0.05) is 25.2 Å². The van der Waals surface area contributed by atoms with Gasteiger partial charge in [0.1, 0.15) is 23.5 Å². The highest BCUT2D eigenvalue weighted by molar-refractivity contribution is 5.98. The van der Waals surface area contributed by atoms with E-state index in [9.17, 15) is 24.9 Å². The van der Waals surface area contributed by atoms with Crippen molar-refractivity contribution in [2.24, 2.45) is 5.92 Å². The third kappa shape index (κ3) is 5.52. The minimum absolute atomic E-state index is 0.000184. The Morgan fingerprint density at radius 1 is 1.10 bits per heavy atom. The molecule has 1 saturated heterocycles. The number of carbonyl (C=O) groups is 2. The number of phenolic OH excluding ortho intramolecular Hbond substituents is 1. The monoisotopic (exact) mass is 430 g/mol. The molecular weight excluding hydrogens is 400 g/mol. The minimum Gasteiger partial charge on any atom is -0.507 e. The van der Waals surface area contributed by atoms with Crippen LogP contribution in [0.1, 0.15) is 36.2 Å². The lowest BCUT2D eigenvalue weighted by molar-refractivity contribution is -0.127. The van der Waals surface area contributed by atoms with Gasteiger partial charge in [-0.25, -0.2) is 4.79 Å². The van der Waals surface area contributed by atoms with Crippen LogP contribution in [0.2, 0.25) is 0 Å². The third-order valence-electron chi connectivity index (χ3n) is 5.75. The Labute approximate surface area is 181 Å². The van der Waals surface area contributed by atoms with Gasteiger partial charge in [-0.05, 0) is 31.1 Å². The zero-order valence-electron chi connectivity index (χ0n) is 17.8. The van der Waals surface area contributed by atoms with E-state index in [1.807, 2.05) is 0 Å². The first kappa shape index (κ1) is 23.0. The van der Waals surface area contributed by atoms with Crippen LogP contribution in [0.25, 0.3) is 6.08 Å². The number of phenols is 1. The average molecular weight is 431 g/mol. The van der Waals surface area contributed by atoms with Crippen LogP contribution in [-0.2, 0) is 9.53 Å². The fourth-order valence-electron chi connectivity index (χ4n) is 3.58. The number of ether oxygens (including phenoxy) is 1. The van der Waals surface area contributed by atoms with E-state index in [-0.39, 0.29) is 23.7 Å². The van der Waals surface area contributed by atoms with Crippen molar-refractivity contribution in [3.63, 3.8) is 0 Å². The maximum atomic E-state index is 12.9. The molecule has 0 saturated carbocycles. The smallest absolute Gasteiger partial charge is 0.342 e. The van der Waals surface area contributed by atoms with E-state index in [1.54, 1.807) is 38.1 Å². The summed E-state index contributed by atoms with van der Waals surface area (Å²) < 4.78 is 5.55. The molecule has 0 spiro atoms. The molecule has 8 heteroatoms. The molecule has 8 nitrogen and oxygen atoms in total. The van der Waals surface area contributed by atoms with Gasteiger partial charge in [0.2, 0.25) is 0 Å². The SMILES string of the molecule is C[C@@H]1/C=C\C(=O)C(O)C(O)C/C=C/c2cc(N3CCNCC3)cc(O)c2C(=O)O[C@H]1C. The van der Waals surface area contributed by atoms with Crippen LogP contribution in [0, 0.1) is 5.92 Å². The molecule has 4 atom stereocenters. The van der Waals surface area contributed by atoms with Gasteiger partial charge in [0.05, 0.1) is 6.10 Å². The van der Waals surface area contributed by atoms with Crippen molar-refractivity contribution in [3.05, 3.63) is 41.5 Å². The first-order chi connectivity index (χ1) is 14.8. The van der Waals surface area contributed by atoms with Crippen LogP contribution in [0.3, 0.4) is 0 Å². The van der Waals surface area contributed by atoms with Gasteiger partial charge in [-0.3, -0.25) is 4.79 Å². The number of rotatable bonds is 1. The Morgan fingerprint density at radius 2 is 1.81 bits per heavy atom. The molecule has 168 valence electrons. The summed E-state index contributed by atoms with van der Waals surface area (Å²) in [6, 6.07) is 3.36. The number of esters is 1. The molecule has 0 aliphatic carbocycles. The number of fused-ring (bicyclic) bond motifs is 1. The van der Waals surface area contributed by atoms with Gasteiger partial charge in [0.15, 0.2) is 5.78 Å². The quantitative estimate of drug-likeness (QED) is 0.492. The Bertz CT molecular complexity index is 875. The molecule has 2 aliphatic rings. The number of aliphatic hydroxyl groups excluding tert-OH is 2. The van der Waals surface area contributed by atoms with Crippen molar-refractivity contribution in [2.75, 3.05) is 31.1 Å². The Kier molecular flexibility index (Phi) is 7.48. The number of aliphatic hydroxyl groups is 2. The summed E-state index contributed by atoms with van der Waals surface area (Å²) in [4.78, 5) is 27.1. The van der Waals surface area contributed by atoms with Gasteiger partial charge >= 0.3 is 5.97 Å². The molecule has 0 radical (unpaired) electrons. The highest BCUT2D eigenvalue weighted by Crippen LogP contribution is 2.31. The predicted octanol–water partition coefficient (Wildman–Crippen LogP) is 1.25. The molecular formula is C23H30N2O6. The number of cyclic esters (lactones) is 1. The van der Waals surface area contributed by atoms with Crippen molar-refractivity contribution in [1.82, 2.24) is 5.32 Å². The number of nitrogens with one attached hydrogen (secondary N) is 1. The lowest BCUT2D eigenvalue weighted by atomic mass is 9.99. The van der Waals surface area contributed by atoms with Crippen molar-refractivity contribution in [2.45, 2.75) is 38.6 Å². The lowest BCUT2D eigenvalue weighted by Crippen LogP contribution is -2.43. The summed E-state index contributed by atoms with van der Waals surface area (Å²) in [6.45, 7) is 6.62. The van der Waals surface area contributed by atoms with Gasteiger partial charge in [0.25, 0.3) is 0 Å². The molecule has 4 N–H and O–H groups in total. The third-order valence-corrected chi connectivity index (χ3v) is 5.75. The summed E-state index contributed by atoms with van der Waals surface area (Å²) in [5.41, 5.74) is 1.26. The van der Waals surface area contributed by atoms with Crippen molar-refractivity contribution < 1.29 is 29.6 Å². The molecule has 0 aromatic heterocycles. The normalized spacial score (nSPS) is 30.1. The summed E-state index contributed by atoms with van der Waals surface area (Å²) in [5.74, 6) is -1.77. The number of nitrogens with zero attached hydrogens (tertiary/aromatic N) is 1. The molecule has 0 bridgehead atoms. The second-order valence-electron chi connectivity index (χ2n) is 8.05. The second kappa shape index (κ2) is 10.1. The van der Waals surface area contributed by atoms with Crippen molar-refractivity contribution in [1.29, 1.82) is 0 Å². The Morgan fingerprint density at radius 3 is 2.52 bits per heavy atom. The summed E-state index contributed by atoms with van der Waals surface area (Å²) >= 11 is 0. The minimum atomic E-state index is -1.55. The molecule has 2 aliphatic heterocycles. The largest absolute Gasteiger partial charge is 0.507 e. The fourth-order valence-corrected chi connectivity index (χ4v) is 3.58. The van der Waals surface area contributed by atoms with Crippen LogP contribution in [0.4, 0.5) is 5.69 Å². The number of carbonyl (C=O) groups excluding carboxylic acids is 2. The summed E-state index contributed by atoms with van der Waals surface area (Å²) in [5, 5.41) is 34.2. The molecule has 1 aromatic carbocycles. The van der Waals surface area contributed by atoms with E-state index in [2.05, 4.69) is 10.2 Å². The number of piperazine rings is 1. The van der Waals surface area contributed by atoms with E-state index in [1.165, 1.54) is 12.2 Å². The zero-order valence-corrected chi connectivity index (χ0v) is 17.8. The van der Waals surface area contributed by atoms with Gasteiger partial charge in [0, 0.05) is 43.9 Å². The topological polar surface area (TPSA) is 119 Å². The average Bonchev–Trinajstić information content (AvgIpc) is 2.76. The van der Waals surface area contributed by atoms with E-state index in [0.29, 0.717) is 5.56 Å². The first-order valence-corrected chi connectivity index (χ1v) is 10.6. The molecule has 31 heavy (non-hydrogen) atoms. The van der Waals surface area contributed by atoms with Crippen LogP contribution in [0.15, 0.2) is 30.4 Å². The maximum absolute atomic E-state index is 12.9. The Hall–Kier alpha value is -2.68. The van der Waals surface area contributed by atoms with Gasteiger partial charge in [-0.15, -0.1) is 0 Å². The van der Waals surface area contributed by atoms with Crippen LogP contribution < -0.4 is 10.2 Å². The zero-order chi connectivity index (χ0) is 22.5. The standard InChI is InChI=1S/C23H30N2O6/c1-14-6-7-19(27)22(29)18(26)5-3-4-16-12-17(25-10-8-24-9-11-25)13-20(28)21(16)23(30)31-15(14)2/h3-4,6-7,12-15,18,22,24,26,28-29H,5,8-11H2,1-2H3/b4-3+,7-6-/t14-,15+,18?,22?/m1/s1. The highest BCUT2D eigenvalue weighted by Gasteiger charge is 2.26. The molecule has 2 heterocycles. The number of hydrogen-bond donors (Lipinski definition) is 4. The maximum Gasteiger partial charge on any atom is 0.342 e. The van der Waals surface area contributed by atoms with Crippen LogP contribution in [-0.4, -0.2) is 71.6 Å². The van der Waals surface area contributed by atoms with Crippen molar-refractivity contribution >= 4 is 23.5 Å². The van der Waals surface area contributed by atoms with Crippen LogP contribution in [0.5, 0.6) is 5.75 Å². The fraction of sp³-hybridized carbons (Fsp3) is 0.478. The predicted molar refractivity (Wildman–Crippen MR) is 117 cm³/mol. The summed E-state index contributed by atoms with van der Waals surface area (Å²) in [6.07, 6.45) is 2.48. The van der Waals surface area contributed by atoms with Crippen molar-refractivity contribution in [3.8, 4) is 5.75 Å². The molecule has 1 fully saturated rings. The lowest BCUT2D eigenvalue weighted by Gasteiger charge is -2.30. The highest BCUT2D eigenvalue weighted by atomic mass is 16.5. The summed E-state index contributed by atoms with van der Waals surface area (Å²) in [7, 11) is 0. The first-order valence-electron chi connectivity index (χ1n) is 10.6. The molecule has 3 rings (SSSR count). The van der Waals surface area contributed by atoms with Gasteiger partial charge < -0.3 is 30.3 Å². The van der Waals surface area contributed by atoms with E-state index < -0.39 is 30.1 Å². The van der Waals surface area contributed by atoms with E-state index in [4.69, 9.17) is 4.74 Å². The number of hydrogen-bond acceptors (Lipinski definition) is 8. The van der Waals surface area contributed by atoms with Crippen LogP contribution >= 0.6 is 0 Å². The number of benzene rings is 1. The van der Waals surface area contributed by atoms with E-state index in [0.717, 1.165) is 31.9 Å².